The lowest BCUT2D eigenvalue weighted by atomic mass is 9.98. The summed E-state index contributed by atoms with van der Waals surface area (Å²) >= 11 is 8.88. The largest absolute Gasteiger partial charge is 0.426 e. The van der Waals surface area contributed by atoms with Crippen LogP contribution in [0.15, 0.2) is 28.7 Å². The molecule has 0 saturated heterocycles. The average Bonchev–Trinajstić information content (AvgIpc) is 2.83. The van der Waals surface area contributed by atoms with Crippen LogP contribution in [-0.4, -0.2) is 38.7 Å². The molecular formula is C16H13BrClF6N3O2. The molecule has 29 heavy (non-hydrogen) atoms. The van der Waals surface area contributed by atoms with Gasteiger partial charge >= 0.3 is 12.4 Å². The Bertz CT molecular complexity index is 882. The molecule has 13 heteroatoms. The number of carbonyl (C=O) groups is 1. The van der Waals surface area contributed by atoms with Crippen molar-refractivity contribution in [3.63, 3.8) is 0 Å². The van der Waals surface area contributed by atoms with Crippen LogP contribution in [0.4, 0.5) is 32.2 Å². The van der Waals surface area contributed by atoms with Crippen LogP contribution in [0.1, 0.15) is 17.7 Å². The van der Waals surface area contributed by atoms with Crippen LogP contribution in [0, 0.1) is 6.92 Å². The topological polar surface area (TPSA) is 67.2 Å². The number of amides is 1. The SMILES string of the molecule is Cc1c(Br)c(NC(=O)CC(O)(C(F)(F)F)C(F)(F)F)nn1Cc1ccc(Cl)cc1. The molecule has 160 valence electrons. The lowest BCUT2D eigenvalue weighted by molar-refractivity contribution is -0.366. The highest BCUT2D eigenvalue weighted by molar-refractivity contribution is 9.10. The van der Waals surface area contributed by atoms with Crippen molar-refractivity contribution in [2.75, 3.05) is 5.32 Å². The lowest BCUT2D eigenvalue weighted by Crippen LogP contribution is -2.58. The molecule has 0 spiro atoms. The number of aromatic nitrogens is 2. The van der Waals surface area contributed by atoms with Crippen LogP contribution in [0.2, 0.25) is 5.02 Å². The molecule has 0 saturated carbocycles. The maximum atomic E-state index is 12.7. The summed E-state index contributed by atoms with van der Waals surface area (Å²) in [6.07, 6.45) is -14.5. The molecule has 0 bridgehead atoms. The summed E-state index contributed by atoms with van der Waals surface area (Å²) in [5.74, 6) is -1.99. The van der Waals surface area contributed by atoms with Gasteiger partial charge in [0.25, 0.3) is 5.60 Å². The van der Waals surface area contributed by atoms with Gasteiger partial charge in [-0.15, -0.1) is 0 Å². The van der Waals surface area contributed by atoms with Crippen molar-refractivity contribution >= 4 is 39.3 Å². The molecule has 0 aliphatic carbocycles. The Morgan fingerprint density at radius 3 is 2.17 bits per heavy atom. The van der Waals surface area contributed by atoms with Crippen molar-refractivity contribution in [1.29, 1.82) is 0 Å². The van der Waals surface area contributed by atoms with Crippen molar-refractivity contribution in [2.45, 2.75) is 37.8 Å². The fourth-order valence-electron chi connectivity index (χ4n) is 2.29. The highest BCUT2D eigenvalue weighted by atomic mass is 79.9. The molecule has 1 aromatic carbocycles. The molecule has 0 radical (unpaired) electrons. The zero-order chi connectivity index (χ0) is 22.2. The normalized spacial score (nSPS) is 12.9. The zero-order valence-electron chi connectivity index (χ0n) is 14.5. The quantitative estimate of drug-likeness (QED) is 0.568. The first-order valence-corrected chi connectivity index (χ1v) is 8.96. The maximum Gasteiger partial charge on any atom is 0.426 e. The van der Waals surface area contributed by atoms with E-state index in [9.17, 15) is 31.1 Å². The first kappa shape index (κ1) is 23.5. The standard InChI is InChI=1S/C16H13BrClF6N3O2/c1-8-12(17)13(26-27(8)7-9-2-4-10(18)5-3-9)25-11(28)6-14(29,15(19,20)21)16(22,23)24/h2-5,29H,6-7H2,1H3,(H,25,26,28). The van der Waals surface area contributed by atoms with Gasteiger partial charge in [0.05, 0.1) is 23.1 Å². The van der Waals surface area contributed by atoms with E-state index < -0.39 is 30.3 Å². The van der Waals surface area contributed by atoms with Gasteiger partial charge in [-0.2, -0.15) is 31.4 Å². The molecule has 0 unspecified atom stereocenters. The van der Waals surface area contributed by atoms with E-state index in [0.29, 0.717) is 10.7 Å². The fourth-order valence-corrected chi connectivity index (χ4v) is 2.80. The number of hydrogen-bond donors (Lipinski definition) is 2. The van der Waals surface area contributed by atoms with Crippen LogP contribution >= 0.6 is 27.5 Å². The van der Waals surface area contributed by atoms with Crippen LogP contribution in [0.5, 0.6) is 0 Å². The second kappa shape index (κ2) is 8.15. The van der Waals surface area contributed by atoms with Crippen LogP contribution in [0.3, 0.4) is 0 Å². The van der Waals surface area contributed by atoms with Gasteiger partial charge < -0.3 is 10.4 Å². The van der Waals surface area contributed by atoms with E-state index in [1.54, 1.807) is 31.2 Å². The minimum atomic E-state index is -6.09. The van der Waals surface area contributed by atoms with Gasteiger partial charge in [0, 0.05) is 5.02 Å². The minimum absolute atomic E-state index is 0.169. The van der Waals surface area contributed by atoms with Crippen molar-refractivity contribution in [1.82, 2.24) is 9.78 Å². The number of alkyl halides is 6. The zero-order valence-corrected chi connectivity index (χ0v) is 16.8. The number of benzene rings is 1. The van der Waals surface area contributed by atoms with Crippen molar-refractivity contribution < 1.29 is 36.2 Å². The summed E-state index contributed by atoms with van der Waals surface area (Å²) < 4.78 is 77.9. The number of aliphatic hydroxyl groups is 1. The van der Waals surface area contributed by atoms with Crippen molar-refractivity contribution in [3.8, 4) is 0 Å². The van der Waals surface area contributed by atoms with E-state index in [0.717, 1.165) is 5.56 Å². The first-order chi connectivity index (χ1) is 13.2. The Balaban J connectivity index is 2.21. The molecule has 2 rings (SSSR count). The number of hydrogen-bond acceptors (Lipinski definition) is 3. The smallest absolute Gasteiger partial charge is 0.373 e. The predicted molar refractivity (Wildman–Crippen MR) is 95.5 cm³/mol. The number of anilines is 1. The molecule has 5 nitrogen and oxygen atoms in total. The third kappa shape index (κ3) is 5.04. The molecule has 1 amide bonds. The molecule has 1 heterocycles. The third-order valence-corrected chi connectivity index (χ3v) is 5.19. The van der Waals surface area contributed by atoms with Crippen LogP contribution in [0.25, 0.3) is 0 Å². The highest BCUT2D eigenvalue weighted by Crippen LogP contribution is 2.45. The summed E-state index contributed by atoms with van der Waals surface area (Å²) in [6, 6.07) is 6.65. The lowest BCUT2D eigenvalue weighted by Gasteiger charge is -2.31. The van der Waals surface area contributed by atoms with Crippen molar-refractivity contribution in [2.24, 2.45) is 0 Å². The number of halogens is 8. The van der Waals surface area contributed by atoms with Gasteiger partial charge in [0.15, 0.2) is 5.82 Å². The Labute approximate surface area is 173 Å². The van der Waals surface area contributed by atoms with E-state index in [1.807, 2.05) is 5.32 Å². The summed E-state index contributed by atoms with van der Waals surface area (Å²) in [4.78, 5) is 11.8. The monoisotopic (exact) mass is 507 g/mol. The molecule has 2 aromatic rings. The average molecular weight is 509 g/mol. The predicted octanol–water partition coefficient (Wildman–Crippen LogP) is 4.84. The molecular weight excluding hydrogens is 496 g/mol. The van der Waals surface area contributed by atoms with Crippen LogP contribution in [-0.2, 0) is 11.3 Å². The van der Waals surface area contributed by atoms with Crippen LogP contribution < -0.4 is 5.32 Å². The summed E-state index contributed by atoms with van der Waals surface area (Å²) in [5, 5.41) is 15.5. The molecule has 0 aliphatic heterocycles. The van der Waals surface area contributed by atoms with Gasteiger partial charge in [-0.3, -0.25) is 9.48 Å². The number of nitrogens with zero attached hydrogens (tertiary/aromatic N) is 2. The summed E-state index contributed by atoms with van der Waals surface area (Å²) in [7, 11) is 0. The Hall–Kier alpha value is -1.79. The summed E-state index contributed by atoms with van der Waals surface area (Å²) in [6.45, 7) is 1.77. The van der Waals surface area contributed by atoms with E-state index in [4.69, 9.17) is 16.7 Å². The van der Waals surface area contributed by atoms with Gasteiger partial charge in [0.2, 0.25) is 5.91 Å². The molecule has 0 aliphatic rings. The number of carbonyl (C=O) groups excluding carboxylic acids is 1. The molecule has 0 fully saturated rings. The Morgan fingerprint density at radius 1 is 1.17 bits per heavy atom. The number of rotatable bonds is 5. The van der Waals surface area contributed by atoms with Gasteiger partial charge in [0.1, 0.15) is 0 Å². The number of nitrogens with one attached hydrogen (secondary N) is 1. The summed E-state index contributed by atoms with van der Waals surface area (Å²) in [5.41, 5.74) is -3.97. The first-order valence-electron chi connectivity index (χ1n) is 7.79. The molecule has 2 N–H and O–H groups in total. The minimum Gasteiger partial charge on any atom is -0.373 e. The second-order valence-electron chi connectivity index (χ2n) is 6.11. The second-order valence-corrected chi connectivity index (χ2v) is 7.34. The highest BCUT2D eigenvalue weighted by Gasteiger charge is 2.71. The van der Waals surface area contributed by atoms with Gasteiger partial charge in [-0.1, -0.05) is 23.7 Å². The van der Waals surface area contributed by atoms with Gasteiger partial charge in [-0.05, 0) is 40.5 Å². The Morgan fingerprint density at radius 2 is 1.69 bits per heavy atom. The molecule has 0 atom stereocenters. The maximum absolute atomic E-state index is 12.7. The molecule has 1 aromatic heterocycles. The fraction of sp³-hybridized carbons (Fsp3) is 0.375. The van der Waals surface area contributed by atoms with E-state index >= 15 is 0 Å². The van der Waals surface area contributed by atoms with E-state index in [-0.39, 0.29) is 16.8 Å². The van der Waals surface area contributed by atoms with E-state index in [2.05, 4.69) is 21.0 Å². The van der Waals surface area contributed by atoms with E-state index in [1.165, 1.54) is 4.68 Å². The Kier molecular flexibility index (Phi) is 6.60. The third-order valence-electron chi connectivity index (χ3n) is 3.99. The van der Waals surface area contributed by atoms with Crippen molar-refractivity contribution in [3.05, 3.63) is 45.0 Å². The van der Waals surface area contributed by atoms with Gasteiger partial charge in [-0.25, -0.2) is 0 Å².